The average Bonchev–Trinajstić information content (AvgIpc) is 2.14. The van der Waals surface area contributed by atoms with E-state index in [1.165, 1.54) is 11.3 Å². The summed E-state index contributed by atoms with van der Waals surface area (Å²) in [4.78, 5) is 3.75. The van der Waals surface area contributed by atoms with Gasteiger partial charge in [-0.3, -0.25) is 0 Å². The first-order valence-corrected chi connectivity index (χ1v) is 2.72. The van der Waals surface area contributed by atoms with Crippen molar-refractivity contribution in [2.75, 3.05) is 0 Å². The minimum atomic E-state index is 0.00347. The average molecular weight is 114 g/mol. The zero-order valence-electron chi connectivity index (χ0n) is 3.59. The highest BCUT2D eigenvalue weighted by Crippen LogP contribution is 1.96. The molecule has 37 valence electrons. The molecule has 0 atom stereocenters. The van der Waals surface area contributed by atoms with Gasteiger partial charge < -0.3 is 5.11 Å². The van der Waals surface area contributed by atoms with E-state index in [1.54, 1.807) is 5.51 Å². The highest BCUT2D eigenvalue weighted by Gasteiger charge is 1.86. The summed E-state index contributed by atoms with van der Waals surface area (Å²) in [5, 5.41) is 11.1. The lowest BCUT2D eigenvalue weighted by molar-refractivity contribution is 0.277. The molecule has 0 aromatic carbocycles. The number of hydrogen-bond acceptors (Lipinski definition) is 3. The Hall–Kier alpha value is -0.410. The lowest BCUT2D eigenvalue weighted by Gasteiger charge is -1.76. The molecule has 0 aliphatic carbocycles. The van der Waals surface area contributed by atoms with E-state index in [2.05, 4.69) is 10.4 Å². The predicted octanol–water partition coefficient (Wildman–Crippen LogP) is 0.436. The van der Waals surface area contributed by atoms with Crippen molar-refractivity contribution in [2.45, 2.75) is 6.61 Å². The van der Waals surface area contributed by atoms with E-state index in [9.17, 15) is 0 Å². The maximum Gasteiger partial charge on any atom is 0.0868 e. The minimum Gasteiger partial charge on any atom is -0.390 e. The molecule has 2 nitrogen and oxygen atoms in total. The molecule has 0 aliphatic rings. The maximum atomic E-state index is 8.34. The summed E-state index contributed by atoms with van der Waals surface area (Å²) in [6.45, 7) is 0.00347. The summed E-state index contributed by atoms with van der Waals surface area (Å²) in [6.07, 6.45) is 0. The molecule has 1 aromatic heterocycles. The van der Waals surface area contributed by atoms with Gasteiger partial charge in [0.05, 0.1) is 23.2 Å². The van der Waals surface area contributed by atoms with Crippen LogP contribution in [-0.4, -0.2) is 10.1 Å². The zero-order chi connectivity index (χ0) is 5.11. The van der Waals surface area contributed by atoms with E-state index < -0.39 is 0 Å². The summed E-state index contributed by atoms with van der Waals surface area (Å²) in [5.41, 5.74) is 2.27. The van der Waals surface area contributed by atoms with Crippen molar-refractivity contribution in [2.24, 2.45) is 0 Å². The molecule has 0 saturated carbocycles. The second-order valence-corrected chi connectivity index (χ2v) is 1.71. The molecule has 3 heteroatoms. The summed E-state index contributed by atoms with van der Waals surface area (Å²) < 4.78 is 0. The highest BCUT2D eigenvalue weighted by atomic mass is 32.1. The Kier molecular flexibility index (Phi) is 1.38. The number of aliphatic hydroxyl groups excluding tert-OH is 1. The molecular formula is C4H4NOS. The summed E-state index contributed by atoms with van der Waals surface area (Å²) in [5.74, 6) is 0. The Morgan fingerprint density at radius 2 is 2.86 bits per heavy atom. The number of aliphatic hydroxyl groups is 1. The van der Waals surface area contributed by atoms with E-state index in [-0.39, 0.29) is 6.61 Å². The maximum absolute atomic E-state index is 8.34. The summed E-state index contributed by atoms with van der Waals surface area (Å²) in [6, 6.07) is 0. The van der Waals surface area contributed by atoms with Crippen molar-refractivity contribution in [3.05, 3.63) is 16.6 Å². The molecule has 1 radical (unpaired) electrons. The Labute approximate surface area is 45.5 Å². The van der Waals surface area contributed by atoms with Crippen molar-refractivity contribution in [3.63, 3.8) is 0 Å². The van der Waals surface area contributed by atoms with Crippen molar-refractivity contribution in [3.8, 4) is 0 Å². The standard InChI is InChI=1S/C4H4NOS/c6-1-4-2-7-3-5-4/h3,6H,1H2. The SMILES string of the molecule is OCc1[c]scn1. The third-order valence-electron chi connectivity index (χ3n) is 0.588. The third kappa shape index (κ3) is 0.976. The first kappa shape index (κ1) is 4.74. The molecule has 0 fully saturated rings. The molecule has 0 unspecified atom stereocenters. The van der Waals surface area contributed by atoms with Crippen LogP contribution in [0.2, 0.25) is 0 Å². The molecule has 0 bridgehead atoms. The molecule has 1 rings (SSSR count). The highest BCUT2D eigenvalue weighted by molar-refractivity contribution is 7.07. The van der Waals surface area contributed by atoms with Crippen LogP contribution in [0.25, 0.3) is 0 Å². The second-order valence-electron chi connectivity index (χ2n) is 1.06. The number of rotatable bonds is 1. The van der Waals surface area contributed by atoms with Crippen LogP contribution in [0.3, 0.4) is 0 Å². The normalized spacial score (nSPS) is 9.29. The van der Waals surface area contributed by atoms with Crippen LogP contribution >= 0.6 is 11.3 Å². The molecule has 0 spiro atoms. The van der Waals surface area contributed by atoms with E-state index in [0.29, 0.717) is 5.69 Å². The minimum absolute atomic E-state index is 0.00347. The van der Waals surface area contributed by atoms with E-state index in [1.807, 2.05) is 0 Å². The Bertz CT molecular complexity index is 126. The van der Waals surface area contributed by atoms with Gasteiger partial charge in [0.15, 0.2) is 0 Å². The van der Waals surface area contributed by atoms with Crippen molar-refractivity contribution < 1.29 is 5.11 Å². The summed E-state index contributed by atoms with van der Waals surface area (Å²) in [7, 11) is 0. The molecule has 0 amide bonds. The van der Waals surface area contributed by atoms with Crippen LogP contribution in [0, 0.1) is 5.38 Å². The number of hydrogen-bond donors (Lipinski definition) is 1. The quantitative estimate of drug-likeness (QED) is 0.574. The fourth-order valence-electron chi connectivity index (χ4n) is 0.284. The van der Waals surface area contributed by atoms with E-state index in [0.717, 1.165) is 0 Å². The van der Waals surface area contributed by atoms with Gasteiger partial charge in [-0.2, -0.15) is 0 Å². The smallest absolute Gasteiger partial charge is 0.0868 e. The van der Waals surface area contributed by atoms with Gasteiger partial charge in [0.1, 0.15) is 0 Å². The first-order valence-electron chi connectivity index (χ1n) is 1.84. The van der Waals surface area contributed by atoms with Crippen LogP contribution in [0.1, 0.15) is 5.69 Å². The number of aromatic nitrogens is 1. The van der Waals surface area contributed by atoms with Crippen molar-refractivity contribution >= 4 is 11.3 Å². The van der Waals surface area contributed by atoms with Gasteiger partial charge in [-0.05, 0) is 0 Å². The monoisotopic (exact) mass is 114 g/mol. The van der Waals surface area contributed by atoms with E-state index >= 15 is 0 Å². The largest absolute Gasteiger partial charge is 0.390 e. The molecule has 1 heterocycles. The Balaban J connectivity index is 2.76. The van der Waals surface area contributed by atoms with Crippen LogP contribution < -0.4 is 0 Å². The molecule has 1 N–H and O–H groups in total. The number of thiazole rings is 1. The van der Waals surface area contributed by atoms with Crippen LogP contribution in [0.5, 0.6) is 0 Å². The van der Waals surface area contributed by atoms with Gasteiger partial charge in [-0.25, -0.2) is 4.98 Å². The molecule has 7 heavy (non-hydrogen) atoms. The van der Waals surface area contributed by atoms with Crippen LogP contribution in [-0.2, 0) is 6.61 Å². The first-order chi connectivity index (χ1) is 3.43. The van der Waals surface area contributed by atoms with Gasteiger partial charge >= 0.3 is 0 Å². The molecule has 0 saturated heterocycles. The van der Waals surface area contributed by atoms with Crippen molar-refractivity contribution in [1.29, 1.82) is 0 Å². The van der Waals surface area contributed by atoms with Crippen molar-refractivity contribution in [1.82, 2.24) is 4.98 Å². The lowest BCUT2D eigenvalue weighted by atomic mass is 10.5. The van der Waals surface area contributed by atoms with Gasteiger partial charge in [0.25, 0.3) is 0 Å². The number of nitrogens with zero attached hydrogens (tertiary/aromatic N) is 1. The van der Waals surface area contributed by atoms with Crippen LogP contribution in [0.4, 0.5) is 0 Å². The van der Waals surface area contributed by atoms with Gasteiger partial charge in [-0.1, -0.05) is 0 Å². The molecule has 1 aromatic rings. The third-order valence-corrected chi connectivity index (χ3v) is 1.15. The molecule has 0 aliphatic heterocycles. The van der Waals surface area contributed by atoms with Crippen LogP contribution in [0.15, 0.2) is 5.51 Å². The zero-order valence-corrected chi connectivity index (χ0v) is 4.40. The van der Waals surface area contributed by atoms with E-state index in [4.69, 9.17) is 5.11 Å². The van der Waals surface area contributed by atoms with Gasteiger partial charge in [0.2, 0.25) is 0 Å². The van der Waals surface area contributed by atoms with Gasteiger partial charge in [0, 0.05) is 0 Å². The Morgan fingerprint density at radius 3 is 3.14 bits per heavy atom. The predicted molar refractivity (Wildman–Crippen MR) is 26.9 cm³/mol. The fourth-order valence-corrected chi connectivity index (χ4v) is 0.770. The van der Waals surface area contributed by atoms with Gasteiger partial charge in [-0.15, -0.1) is 11.3 Å². The topological polar surface area (TPSA) is 33.1 Å². The molecular weight excluding hydrogens is 110 g/mol. The second kappa shape index (κ2) is 2.04. The summed E-state index contributed by atoms with van der Waals surface area (Å²) >= 11 is 1.37. The fraction of sp³-hybridized carbons (Fsp3) is 0.250. The Morgan fingerprint density at radius 1 is 2.00 bits per heavy atom. The lowest BCUT2D eigenvalue weighted by Crippen LogP contribution is -1.78.